The number of anilines is 1. The number of benzene rings is 2. The number of thioether (sulfide) groups is 1. The van der Waals surface area contributed by atoms with E-state index >= 15 is 0 Å². The second-order valence-electron chi connectivity index (χ2n) is 6.19. The molecule has 27 heavy (non-hydrogen) atoms. The van der Waals surface area contributed by atoms with E-state index in [2.05, 4.69) is 0 Å². The molecule has 0 aliphatic heterocycles. The zero-order chi connectivity index (χ0) is 19.6. The molecular formula is C19H19Cl2N3OS2. The minimum Gasteiger partial charge on any atom is -0.308 e. The van der Waals surface area contributed by atoms with E-state index in [4.69, 9.17) is 28.2 Å². The molecule has 1 amide bonds. The molecule has 3 aromatic rings. The molecule has 0 fully saturated rings. The van der Waals surface area contributed by atoms with Crippen LogP contribution in [-0.2, 0) is 0 Å². The van der Waals surface area contributed by atoms with Crippen LogP contribution in [0.4, 0.5) is 5.13 Å². The minimum absolute atomic E-state index is 0.200. The van der Waals surface area contributed by atoms with Crippen molar-refractivity contribution in [1.29, 1.82) is 0 Å². The zero-order valence-corrected chi connectivity index (χ0v) is 18.3. The Kier molecular flexibility index (Phi) is 6.65. The number of para-hydroxylation sites is 1. The number of halogens is 2. The van der Waals surface area contributed by atoms with Gasteiger partial charge >= 0.3 is 0 Å². The molecule has 0 bridgehead atoms. The van der Waals surface area contributed by atoms with E-state index < -0.39 is 0 Å². The number of likely N-dealkylation sites (N-methyl/N-ethyl adjacent to an activating group) is 1. The SMILES string of the molecule is CSc1cccc2sc(N(CCN(C)C)C(=O)c3cc(Cl)ccc3Cl)nc12. The molecule has 0 aliphatic rings. The predicted octanol–water partition coefficient (Wildman–Crippen LogP) is 5.53. The van der Waals surface area contributed by atoms with Gasteiger partial charge in [-0.25, -0.2) is 4.98 Å². The number of rotatable bonds is 6. The molecule has 0 atom stereocenters. The van der Waals surface area contributed by atoms with Crippen LogP contribution in [0.2, 0.25) is 10.0 Å². The van der Waals surface area contributed by atoms with Crippen molar-refractivity contribution in [3.63, 3.8) is 0 Å². The maximum absolute atomic E-state index is 13.3. The standard InChI is InChI=1S/C19H19Cl2N3OS2/c1-23(2)9-10-24(18(25)13-11-12(20)7-8-14(13)21)19-22-17-15(26-3)5-4-6-16(17)27-19/h4-8,11H,9-10H2,1-3H3. The third kappa shape index (κ3) is 4.58. The van der Waals surface area contributed by atoms with Crippen molar-refractivity contribution in [1.82, 2.24) is 9.88 Å². The number of fused-ring (bicyclic) bond motifs is 1. The molecule has 0 unspecified atom stereocenters. The van der Waals surface area contributed by atoms with Gasteiger partial charge < -0.3 is 4.90 Å². The summed E-state index contributed by atoms with van der Waals surface area (Å²) in [6.45, 7) is 1.21. The molecule has 1 heterocycles. The lowest BCUT2D eigenvalue weighted by atomic mass is 10.2. The summed E-state index contributed by atoms with van der Waals surface area (Å²) < 4.78 is 1.05. The number of aromatic nitrogens is 1. The highest BCUT2D eigenvalue weighted by molar-refractivity contribution is 7.98. The third-order valence-corrected chi connectivity index (χ3v) is 6.37. The van der Waals surface area contributed by atoms with E-state index in [-0.39, 0.29) is 5.91 Å². The molecular weight excluding hydrogens is 421 g/mol. The Hall–Kier alpha value is -1.31. The smallest absolute Gasteiger partial charge is 0.261 e. The molecule has 0 saturated carbocycles. The predicted molar refractivity (Wildman–Crippen MR) is 118 cm³/mol. The van der Waals surface area contributed by atoms with Gasteiger partial charge in [-0.3, -0.25) is 9.69 Å². The largest absolute Gasteiger partial charge is 0.308 e. The van der Waals surface area contributed by atoms with E-state index in [0.29, 0.717) is 33.8 Å². The maximum atomic E-state index is 13.3. The average molecular weight is 440 g/mol. The Morgan fingerprint density at radius 3 is 2.67 bits per heavy atom. The fourth-order valence-corrected chi connectivity index (χ4v) is 4.60. The van der Waals surface area contributed by atoms with Crippen molar-refractivity contribution in [3.05, 3.63) is 52.0 Å². The monoisotopic (exact) mass is 439 g/mol. The van der Waals surface area contributed by atoms with Gasteiger partial charge in [0.2, 0.25) is 0 Å². The minimum atomic E-state index is -0.200. The van der Waals surface area contributed by atoms with E-state index in [1.807, 2.05) is 43.5 Å². The molecule has 0 N–H and O–H groups in total. The molecule has 0 saturated heterocycles. The van der Waals surface area contributed by atoms with Gasteiger partial charge in [0.1, 0.15) is 0 Å². The summed E-state index contributed by atoms with van der Waals surface area (Å²) in [5.74, 6) is -0.200. The summed E-state index contributed by atoms with van der Waals surface area (Å²) in [6, 6.07) is 11.0. The third-order valence-electron chi connectivity index (χ3n) is 4.00. The number of hydrogen-bond donors (Lipinski definition) is 0. The molecule has 8 heteroatoms. The van der Waals surface area contributed by atoms with Gasteiger partial charge in [-0.15, -0.1) is 11.8 Å². The highest BCUT2D eigenvalue weighted by Crippen LogP contribution is 2.35. The van der Waals surface area contributed by atoms with Crippen LogP contribution in [0, 0.1) is 0 Å². The molecule has 0 radical (unpaired) electrons. The second kappa shape index (κ2) is 8.80. The Morgan fingerprint density at radius 2 is 1.96 bits per heavy atom. The topological polar surface area (TPSA) is 36.4 Å². The van der Waals surface area contributed by atoms with Crippen LogP contribution >= 0.6 is 46.3 Å². The van der Waals surface area contributed by atoms with Crippen LogP contribution in [0.15, 0.2) is 41.3 Å². The van der Waals surface area contributed by atoms with E-state index in [1.165, 1.54) is 11.3 Å². The van der Waals surface area contributed by atoms with Gasteiger partial charge in [0.15, 0.2) is 5.13 Å². The summed E-state index contributed by atoms with van der Waals surface area (Å²) in [5.41, 5.74) is 1.30. The van der Waals surface area contributed by atoms with Crippen molar-refractivity contribution in [2.45, 2.75) is 4.90 Å². The lowest BCUT2D eigenvalue weighted by Gasteiger charge is -2.22. The second-order valence-corrected chi connectivity index (χ2v) is 8.89. The van der Waals surface area contributed by atoms with Gasteiger partial charge in [-0.2, -0.15) is 0 Å². The molecule has 0 aliphatic carbocycles. The first-order valence-corrected chi connectivity index (χ1v) is 11.1. The number of nitrogens with zero attached hydrogens (tertiary/aromatic N) is 3. The Bertz CT molecular complexity index is 975. The lowest BCUT2D eigenvalue weighted by molar-refractivity contribution is 0.0985. The fraction of sp³-hybridized carbons (Fsp3) is 0.263. The number of thiazole rings is 1. The summed E-state index contributed by atoms with van der Waals surface area (Å²) in [4.78, 5) is 22.9. The number of hydrogen-bond acceptors (Lipinski definition) is 5. The van der Waals surface area contributed by atoms with Crippen molar-refractivity contribution in [2.75, 3.05) is 38.3 Å². The Morgan fingerprint density at radius 1 is 1.19 bits per heavy atom. The quantitative estimate of drug-likeness (QED) is 0.472. The van der Waals surface area contributed by atoms with E-state index in [1.54, 1.807) is 34.9 Å². The van der Waals surface area contributed by atoms with Crippen LogP contribution in [0.25, 0.3) is 10.2 Å². The molecule has 4 nitrogen and oxygen atoms in total. The number of amides is 1. The molecule has 0 spiro atoms. The van der Waals surface area contributed by atoms with Gasteiger partial charge in [0.25, 0.3) is 5.91 Å². The van der Waals surface area contributed by atoms with Crippen molar-refractivity contribution in [3.8, 4) is 0 Å². The van der Waals surface area contributed by atoms with Gasteiger partial charge in [0.05, 0.1) is 20.8 Å². The van der Waals surface area contributed by atoms with Crippen molar-refractivity contribution >= 4 is 67.6 Å². The van der Waals surface area contributed by atoms with Crippen LogP contribution in [-0.4, -0.2) is 49.2 Å². The van der Waals surface area contributed by atoms with E-state index in [0.717, 1.165) is 15.1 Å². The first kappa shape index (κ1) is 20.4. The first-order chi connectivity index (χ1) is 12.9. The van der Waals surface area contributed by atoms with Crippen LogP contribution in [0.3, 0.4) is 0 Å². The molecule has 2 aromatic carbocycles. The summed E-state index contributed by atoms with van der Waals surface area (Å²) in [7, 11) is 3.94. The summed E-state index contributed by atoms with van der Waals surface area (Å²) in [6.07, 6.45) is 2.02. The van der Waals surface area contributed by atoms with Gasteiger partial charge in [-0.05, 0) is 50.7 Å². The van der Waals surface area contributed by atoms with Crippen LogP contribution < -0.4 is 4.90 Å². The zero-order valence-electron chi connectivity index (χ0n) is 15.2. The summed E-state index contributed by atoms with van der Waals surface area (Å²) >= 11 is 15.5. The van der Waals surface area contributed by atoms with Gasteiger partial charge in [-0.1, -0.05) is 40.6 Å². The highest BCUT2D eigenvalue weighted by atomic mass is 35.5. The van der Waals surface area contributed by atoms with Crippen LogP contribution in [0.5, 0.6) is 0 Å². The number of carbonyl (C=O) groups excluding carboxylic acids is 1. The maximum Gasteiger partial charge on any atom is 0.261 e. The lowest BCUT2D eigenvalue weighted by Crippen LogP contribution is -2.36. The highest BCUT2D eigenvalue weighted by Gasteiger charge is 2.24. The first-order valence-electron chi connectivity index (χ1n) is 8.26. The normalized spacial score (nSPS) is 11.3. The van der Waals surface area contributed by atoms with Crippen molar-refractivity contribution in [2.24, 2.45) is 0 Å². The van der Waals surface area contributed by atoms with E-state index in [9.17, 15) is 4.79 Å². The molecule has 3 rings (SSSR count). The summed E-state index contributed by atoms with van der Waals surface area (Å²) in [5, 5.41) is 1.52. The van der Waals surface area contributed by atoms with Gasteiger partial charge in [0, 0.05) is 23.0 Å². The Balaban J connectivity index is 2.05. The average Bonchev–Trinajstić information content (AvgIpc) is 3.07. The molecule has 142 valence electrons. The molecule has 1 aromatic heterocycles. The number of carbonyl (C=O) groups is 1. The van der Waals surface area contributed by atoms with Crippen LogP contribution in [0.1, 0.15) is 10.4 Å². The van der Waals surface area contributed by atoms with Crippen molar-refractivity contribution < 1.29 is 4.79 Å². The fourth-order valence-electron chi connectivity index (χ4n) is 2.58. The Labute approximate surface area is 177 Å².